The van der Waals surface area contributed by atoms with Crippen molar-refractivity contribution in [3.63, 3.8) is 0 Å². The van der Waals surface area contributed by atoms with Crippen LogP contribution in [0.5, 0.6) is 0 Å². The first-order chi connectivity index (χ1) is 14.0. The minimum atomic E-state index is -0.496. The summed E-state index contributed by atoms with van der Waals surface area (Å²) in [5, 5.41) is 9.49. The normalized spacial score (nSPS) is 10.7. The van der Waals surface area contributed by atoms with Gasteiger partial charge in [0.1, 0.15) is 5.69 Å². The van der Waals surface area contributed by atoms with Crippen molar-refractivity contribution in [3.05, 3.63) is 88.9 Å². The molecule has 0 aliphatic rings. The molecule has 0 radical (unpaired) electrons. The first kappa shape index (κ1) is 18.6. The van der Waals surface area contributed by atoms with Crippen LogP contribution in [0.4, 0.5) is 5.69 Å². The van der Waals surface area contributed by atoms with Crippen LogP contribution in [0, 0.1) is 6.92 Å². The molecule has 4 aromatic rings. The number of nitrogens with one attached hydrogen (secondary N) is 1. The maximum atomic E-state index is 13.1. The van der Waals surface area contributed by atoms with Crippen molar-refractivity contribution >= 4 is 28.8 Å². The van der Waals surface area contributed by atoms with Crippen molar-refractivity contribution in [2.24, 2.45) is 5.73 Å². The van der Waals surface area contributed by atoms with Crippen molar-refractivity contribution in [3.8, 4) is 16.3 Å². The van der Waals surface area contributed by atoms with Crippen LogP contribution in [0.15, 0.2) is 72.2 Å². The van der Waals surface area contributed by atoms with Gasteiger partial charge in [-0.3, -0.25) is 9.59 Å². The summed E-state index contributed by atoms with van der Waals surface area (Å²) in [6, 6.07) is 18.5. The number of rotatable bonds is 5. The van der Waals surface area contributed by atoms with Crippen LogP contribution in [0.3, 0.4) is 0 Å². The second-order valence-electron chi connectivity index (χ2n) is 6.50. The SMILES string of the molecule is Cc1cc(NC(=O)c2cn(-c3ccccc3)nc2-c2cccs2)ccc1C(N)=O. The molecule has 0 fully saturated rings. The van der Waals surface area contributed by atoms with Gasteiger partial charge in [0.15, 0.2) is 0 Å². The molecule has 2 heterocycles. The summed E-state index contributed by atoms with van der Waals surface area (Å²) in [6.07, 6.45) is 1.73. The van der Waals surface area contributed by atoms with Gasteiger partial charge in [0.2, 0.25) is 5.91 Å². The van der Waals surface area contributed by atoms with Crippen molar-refractivity contribution in [1.29, 1.82) is 0 Å². The predicted octanol–water partition coefficient (Wildman–Crippen LogP) is 4.26. The molecule has 4 rings (SSSR count). The highest BCUT2D eigenvalue weighted by molar-refractivity contribution is 7.13. The second-order valence-corrected chi connectivity index (χ2v) is 7.44. The number of para-hydroxylation sites is 1. The first-order valence-corrected chi connectivity index (χ1v) is 9.81. The summed E-state index contributed by atoms with van der Waals surface area (Å²) in [4.78, 5) is 25.4. The minimum absolute atomic E-state index is 0.276. The van der Waals surface area contributed by atoms with Crippen LogP contribution in [-0.2, 0) is 0 Å². The third kappa shape index (κ3) is 3.81. The summed E-state index contributed by atoms with van der Waals surface area (Å²) in [5.41, 5.74) is 9.02. The highest BCUT2D eigenvalue weighted by atomic mass is 32.1. The fourth-order valence-corrected chi connectivity index (χ4v) is 3.79. The molecule has 0 spiro atoms. The molecule has 6 nitrogen and oxygen atoms in total. The molecule has 29 heavy (non-hydrogen) atoms. The highest BCUT2D eigenvalue weighted by Crippen LogP contribution is 2.28. The zero-order chi connectivity index (χ0) is 20.4. The third-order valence-electron chi connectivity index (χ3n) is 4.48. The van der Waals surface area contributed by atoms with E-state index >= 15 is 0 Å². The van der Waals surface area contributed by atoms with E-state index in [1.54, 1.807) is 36.0 Å². The third-order valence-corrected chi connectivity index (χ3v) is 5.36. The van der Waals surface area contributed by atoms with Gasteiger partial charge in [0.25, 0.3) is 5.91 Å². The lowest BCUT2D eigenvalue weighted by molar-refractivity contribution is 0.0997. The van der Waals surface area contributed by atoms with Crippen LogP contribution in [-0.4, -0.2) is 21.6 Å². The van der Waals surface area contributed by atoms with Crippen LogP contribution in [0.25, 0.3) is 16.3 Å². The Hall–Kier alpha value is -3.71. The molecule has 2 aromatic heterocycles. The maximum Gasteiger partial charge on any atom is 0.259 e. The molecule has 144 valence electrons. The quantitative estimate of drug-likeness (QED) is 0.523. The van der Waals surface area contributed by atoms with Crippen molar-refractivity contribution in [2.75, 3.05) is 5.32 Å². The van der Waals surface area contributed by atoms with Crippen LogP contribution in [0.1, 0.15) is 26.3 Å². The van der Waals surface area contributed by atoms with Crippen molar-refractivity contribution in [2.45, 2.75) is 6.92 Å². The molecule has 0 bridgehead atoms. The van der Waals surface area contributed by atoms with E-state index in [1.807, 2.05) is 47.8 Å². The number of nitrogens with two attached hydrogens (primary N) is 1. The van der Waals surface area contributed by atoms with Gasteiger partial charge in [-0.1, -0.05) is 24.3 Å². The minimum Gasteiger partial charge on any atom is -0.366 e. The largest absolute Gasteiger partial charge is 0.366 e. The molecule has 2 amide bonds. The number of amides is 2. The molecular weight excluding hydrogens is 384 g/mol. The Morgan fingerprint density at radius 2 is 1.83 bits per heavy atom. The Labute approximate surface area is 171 Å². The number of primary amides is 1. The van der Waals surface area contributed by atoms with Gasteiger partial charge in [0, 0.05) is 17.4 Å². The van der Waals surface area contributed by atoms with Gasteiger partial charge < -0.3 is 11.1 Å². The molecule has 0 atom stereocenters. The maximum absolute atomic E-state index is 13.1. The van der Waals surface area contributed by atoms with Gasteiger partial charge in [0.05, 0.1) is 16.1 Å². The average Bonchev–Trinajstić information content (AvgIpc) is 3.38. The fraction of sp³-hybridized carbons (Fsp3) is 0.0455. The number of aryl methyl sites for hydroxylation is 1. The Morgan fingerprint density at radius 1 is 1.03 bits per heavy atom. The number of hydrogen-bond donors (Lipinski definition) is 2. The summed E-state index contributed by atoms with van der Waals surface area (Å²) in [5.74, 6) is -0.772. The van der Waals surface area contributed by atoms with E-state index in [0.29, 0.717) is 28.1 Å². The lowest BCUT2D eigenvalue weighted by Gasteiger charge is -2.08. The first-order valence-electron chi connectivity index (χ1n) is 8.93. The Morgan fingerprint density at radius 3 is 2.48 bits per heavy atom. The fourth-order valence-electron chi connectivity index (χ4n) is 3.06. The summed E-state index contributed by atoms with van der Waals surface area (Å²) in [6.45, 7) is 1.78. The molecule has 2 aromatic carbocycles. The molecule has 0 unspecified atom stereocenters. The predicted molar refractivity (Wildman–Crippen MR) is 115 cm³/mol. The van der Waals surface area contributed by atoms with Crippen LogP contribution >= 0.6 is 11.3 Å². The number of hydrogen-bond acceptors (Lipinski definition) is 4. The van der Waals surface area contributed by atoms with E-state index in [-0.39, 0.29) is 5.91 Å². The number of carbonyl (C=O) groups is 2. The zero-order valence-corrected chi connectivity index (χ0v) is 16.4. The van der Waals surface area contributed by atoms with E-state index in [4.69, 9.17) is 5.73 Å². The molecule has 3 N–H and O–H groups in total. The Balaban J connectivity index is 1.70. The van der Waals surface area contributed by atoms with Gasteiger partial charge in [-0.15, -0.1) is 11.3 Å². The number of benzene rings is 2. The molecule has 0 saturated carbocycles. The molecule has 0 aliphatic heterocycles. The lowest BCUT2D eigenvalue weighted by atomic mass is 10.1. The van der Waals surface area contributed by atoms with Gasteiger partial charge >= 0.3 is 0 Å². The molecule has 0 aliphatic carbocycles. The van der Waals surface area contributed by atoms with E-state index in [0.717, 1.165) is 10.6 Å². The van der Waals surface area contributed by atoms with E-state index in [9.17, 15) is 9.59 Å². The zero-order valence-electron chi connectivity index (χ0n) is 15.6. The van der Waals surface area contributed by atoms with Gasteiger partial charge in [-0.05, 0) is 54.3 Å². The van der Waals surface area contributed by atoms with Gasteiger partial charge in [-0.2, -0.15) is 5.10 Å². The average molecular weight is 402 g/mol. The Bertz CT molecular complexity index is 1180. The second kappa shape index (κ2) is 7.73. The molecule has 7 heteroatoms. The summed E-state index contributed by atoms with van der Waals surface area (Å²) < 4.78 is 1.70. The van der Waals surface area contributed by atoms with E-state index in [1.165, 1.54) is 11.3 Å². The van der Waals surface area contributed by atoms with Crippen molar-refractivity contribution < 1.29 is 9.59 Å². The monoisotopic (exact) mass is 402 g/mol. The number of aromatic nitrogens is 2. The number of thiophene rings is 1. The summed E-state index contributed by atoms with van der Waals surface area (Å²) in [7, 11) is 0. The van der Waals surface area contributed by atoms with Gasteiger partial charge in [-0.25, -0.2) is 4.68 Å². The van der Waals surface area contributed by atoms with Crippen molar-refractivity contribution in [1.82, 2.24) is 9.78 Å². The van der Waals surface area contributed by atoms with Crippen LogP contribution < -0.4 is 11.1 Å². The van der Waals surface area contributed by atoms with Crippen LogP contribution in [0.2, 0.25) is 0 Å². The topological polar surface area (TPSA) is 90.0 Å². The molecule has 0 saturated heterocycles. The highest BCUT2D eigenvalue weighted by Gasteiger charge is 2.20. The number of carbonyl (C=O) groups excluding carboxylic acids is 2. The van der Waals surface area contributed by atoms with E-state index < -0.39 is 5.91 Å². The van der Waals surface area contributed by atoms with E-state index in [2.05, 4.69) is 10.4 Å². The lowest BCUT2D eigenvalue weighted by Crippen LogP contribution is -2.15. The summed E-state index contributed by atoms with van der Waals surface area (Å²) >= 11 is 1.52. The molecular formula is C22H18N4O2S. The Kier molecular flexibility index (Phi) is 4.97. The number of anilines is 1. The number of nitrogens with zero attached hydrogens (tertiary/aromatic N) is 2. The standard InChI is InChI=1S/C22H18N4O2S/c1-14-12-15(9-10-17(14)21(23)27)24-22(28)18-13-26(16-6-3-2-4-7-16)25-20(18)19-8-5-11-29-19/h2-13H,1H3,(H2,23,27)(H,24,28). The smallest absolute Gasteiger partial charge is 0.259 e.